The number of anilines is 1. The van der Waals surface area contributed by atoms with E-state index in [0.717, 1.165) is 25.0 Å². The van der Waals surface area contributed by atoms with Gasteiger partial charge in [-0.3, -0.25) is 0 Å². The summed E-state index contributed by atoms with van der Waals surface area (Å²) in [5, 5.41) is 8.74. The van der Waals surface area contributed by atoms with Crippen molar-refractivity contribution in [3.63, 3.8) is 0 Å². The number of piperidine rings is 1. The van der Waals surface area contributed by atoms with Gasteiger partial charge in [0.2, 0.25) is 5.95 Å². The van der Waals surface area contributed by atoms with Gasteiger partial charge in [-0.25, -0.2) is 9.97 Å². The molecule has 1 aromatic heterocycles. The van der Waals surface area contributed by atoms with E-state index in [-0.39, 0.29) is 0 Å². The SMILES string of the molecule is CCC1CCN(c2ncc(C#N)cn2)CC1(C)C. The molecule has 0 aliphatic carbocycles. The van der Waals surface area contributed by atoms with E-state index in [4.69, 9.17) is 5.26 Å². The van der Waals surface area contributed by atoms with Crippen molar-refractivity contribution in [3.8, 4) is 6.07 Å². The van der Waals surface area contributed by atoms with Crippen molar-refractivity contribution < 1.29 is 0 Å². The minimum absolute atomic E-state index is 0.296. The molecule has 1 aliphatic heterocycles. The summed E-state index contributed by atoms with van der Waals surface area (Å²) < 4.78 is 0. The van der Waals surface area contributed by atoms with Crippen LogP contribution in [0.15, 0.2) is 12.4 Å². The van der Waals surface area contributed by atoms with E-state index >= 15 is 0 Å². The molecule has 0 aromatic carbocycles. The highest BCUT2D eigenvalue weighted by Crippen LogP contribution is 2.37. The van der Waals surface area contributed by atoms with Crippen LogP contribution in [0.2, 0.25) is 0 Å². The van der Waals surface area contributed by atoms with E-state index in [1.807, 2.05) is 6.07 Å². The summed E-state index contributed by atoms with van der Waals surface area (Å²) in [5.41, 5.74) is 0.811. The van der Waals surface area contributed by atoms with Gasteiger partial charge in [-0.15, -0.1) is 0 Å². The zero-order valence-electron chi connectivity index (χ0n) is 11.3. The Morgan fingerprint density at radius 1 is 1.44 bits per heavy atom. The molecule has 0 radical (unpaired) electrons. The first-order valence-electron chi connectivity index (χ1n) is 6.54. The third-order valence-electron chi connectivity index (χ3n) is 3.99. The first-order valence-corrected chi connectivity index (χ1v) is 6.54. The van der Waals surface area contributed by atoms with Gasteiger partial charge in [0.05, 0.1) is 18.0 Å². The van der Waals surface area contributed by atoms with Crippen molar-refractivity contribution in [3.05, 3.63) is 18.0 Å². The predicted octanol–water partition coefficient (Wildman–Crippen LogP) is 2.61. The first-order chi connectivity index (χ1) is 8.56. The Balaban J connectivity index is 2.13. The average molecular weight is 244 g/mol. The van der Waals surface area contributed by atoms with Crippen LogP contribution in [0.1, 0.15) is 39.2 Å². The Morgan fingerprint density at radius 3 is 2.61 bits per heavy atom. The van der Waals surface area contributed by atoms with Gasteiger partial charge in [0.15, 0.2) is 0 Å². The normalized spacial score (nSPS) is 22.6. The summed E-state index contributed by atoms with van der Waals surface area (Å²) in [6, 6.07) is 2.05. The van der Waals surface area contributed by atoms with E-state index in [1.54, 1.807) is 12.4 Å². The average Bonchev–Trinajstić information content (AvgIpc) is 2.37. The van der Waals surface area contributed by atoms with E-state index in [0.29, 0.717) is 11.0 Å². The second-order valence-corrected chi connectivity index (χ2v) is 5.69. The largest absolute Gasteiger partial charge is 0.340 e. The van der Waals surface area contributed by atoms with Gasteiger partial charge in [0, 0.05) is 13.1 Å². The number of nitriles is 1. The summed E-state index contributed by atoms with van der Waals surface area (Å²) in [4.78, 5) is 10.8. The lowest BCUT2D eigenvalue weighted by Gasteiger charge is -2.44. The molecule has 1 saturated heterocycles. The van der Waals surface area contributed by atoms with Crippen LogP contribution in [0.5, 0.6) is 0 Å². The first kappa shape index (κ1) is 12.8. The standard InChI is InChI=1S/C14H20N4/c1-4-12-5-6-18(10-14(12,2)3)13-16-8-11(7-15)9-17-13/h8-9,12H,4-6,10H2,1-3H3. The fourth-order valence-electron chi connectivity index (χ4n) is 2.87. The van der Waals surface area contributed by atoms with Crippen LogP contribution in [0.4, 0.5) is 5.95 Å². The molecule has 0 amide bonds. The molecule has 18 heavy (non-hydrogen) atoms. The number of aromatic nitrogens is 2. The highest BCUT2D eigenvalue weighted by atomic mass is 15.3. The van der Waals surface area contributed by atoms with Gasteiger partial charge in [0.1, 0.15) is 6.07 Å². The van der Waals surface area contributed by atoms with Gasteiger partial charge in [0.25, 0.3) is 0 Å². The molecule has 2 rings (SSSR count). The highest BCUT2D eigenvalue weighted by molar-refractivity contribution is 5.34. The van der Waals surface area contributed by atoms with Crippen molar-refractivity contribution in [1.29, 1.82) is 5.26 Å². The van der Waals surface area contributed by atoms with E-state index in [2.05, 4.69) is 35.6 Å². The molecule has 4 heteroatoms. The van der Waals surface area contributed by atoms with Crippen LogP contribution < -0.4 is 4.90 Å². The number of hydrogen-bond acceptors (Lipinski definition) is 4. The van der Waals surface area contributed by atoms with Crippen LogP contribution >= 0.6 is 0 Å². The quantitative estimate of drug-likeness (QED) is 0.802. The summed E-state index contributed by atoms with van der Waals surface area (Å²) in [5.74, 6) is 1.52. The molecule has 0 spiro atoms. The third kappa shape index (κ3) is 2.45. The van der Waals surface area contributed by atoms with Crippen LogP contribution in [0, 0.1) is 22.7 Å². The molecular formula is C14H20N4. The molecular weight excluding hydrogens is 224 g/mol. The predicted molar refractivity (Wildman–Crippen MR) is 71.1 cm³/mol. The number of rotatable bonds is 2. The maximum atomic E-state index is 8.74. The molecule has 1 unspecified atom stereocenters. The van der Waals surface area contributed by atoms with E-state index in [1.165, 1.54) is 12.8 Å². The fraction of sp³-hybridized carbons (Fsp3) is 0.643. The lowest BCUT2D eigenvalue weighted by molar-refractivity contribution is 0.169. The Bertz CT molecular complexity index is 444. The molecule has 96 valence electrons. The lowest BCUT2D eigenvalue weighted by Crippen LogP contribution is -2.46. The zero-order chi connectivity index (χ0) is 13.2. The van der Waals surface area contributed by atoms with Gasteiger partial charge >= 0.3 is 0 Å². The molecule has 4 nitrogen and oxygen atoms in total. The highest BCUT2D eigenvalue weighted by Gasteiger charge is 2.35. The maximum Gasteiger partial charge on any atom is 0.225 e. The van der Waals surface area contributed by atoms with E-state index < -0.39 is 0 Å². The lowest BCUT2D eigenvalue weighted by atomic mass is 9.73. The summed E-state index contributed by atoms with van der Waals surface area (Å²) in [6.07, 6.45) is 5.62. The van der Waals surface area contributed by atoms with Crippen LogP contribution in [0.3, 0.4) is 0 Å². The molecule has 1 atom stereocenters. The molecule has 0 bridgehead atoms. The minimum Gasteiger partial charge on any atom is -0.340 e. The van der Waals surface area contributed by atoms with Crippen molar-refractivity contribution in [1.82, 2.24) is 9.97 Å². The van der Waals surface area contributed by atoms with E-state index in [9.17, 15) is 0 Å². The zero-order valence-corrected chi connectivity index (χ0v) is 11.3. The molecule has 0 saturated carbocycles. The Labute approximate surface area is 109 Å². The topological polar surface area (TPSA) is 52.8 Å². The van der Waals surface area contributed by atoms with Crippen molar-refractivity contribution in [2.45, 2.75) is 33.6 Å². The summed E-state index contributed by atoms with van der Waals surface area (Å²) in [7, 11) is 0. The second kappa shape index (κ2) is 4.93. The summed E-state index contributed by atoms with van der Waals surface area (Å²) >= 11 is 0. The van der Waals surface area contributed by atoms with Gasteiger partial charge in [-0.1, -0.05) is 27.2 Å². The Kier molecular flexibility index (Phi) is 3.51. The molecule has 1 fully saturated rings. The van der Waals surface area contributed by atoms with Crippen LogP contribution in [0.25, 0.3) is 0 Å². The van der Waals surface area contributed by atoms with Crippen molar-refractivity contribution in [2.75, 3.05) is 18.0 Å². The fourth-order valence-corrected chi connectivity index (χ4v) is 2.87. The molecule has 1 aliphatic rings. The Hall–Kier alpha value is -1.63. The molecule has 0 N–H and O–H groups in total. The maximum absolute atomic E-state index is 8.74. The summed E-state index contributed by atoms with van der Waals surface area (Å²) in [6.45, 7) is 8.89. The minimum atomic E-state index is 0.296. The molecule has 1 aromatic rings. The van der Waals surface area contributed by atoms with Crippen molar-refractivity contribution >= 4 is 5.95 Å². The van der Waals surface area contributed by atoms with Crippen molar-refractivity contribution in [2.24, 2.45) is 11.3 Å². The van der Waals surface area contributed by atoms with Crippen LogP contribution in [-0.2, 0) is 0 Å². The Morgan fingerprint density at radius 2 is 2.11 bits per heavy atom. The number of hydrogen-bond donors (Lipinski definition) is 0. The smallest absolute Gasteiger partial charge is 0.225 e. The number of nitrogens with zero attached hydrogens (tertiary/aromatic N) is 4. The third-order valence-corrected chi connectivity index (χ3v) is 3.99. The van der Waals surface area contributed by atoms with Gasteiger partial charge in [-0.05, 0) is 17.8 Å². The van der Waals surface area contributed by atoms with Gasteiger partial charge < -0.3 is 4.90 Å². The van der Waals surface area contributed by atoms with Gasteiger partial charge in [-0.2, -0.15) is 5.26 Å². The molecule has 2 heterocycles. The monoisotopic (exact) mass is 244 g/mol. The second-order valence-electron chi connectivity index (χ2n) is 5.69. The van der Waals surface area contributed by atoms with Crippen LogP contribution in [-0.4, -0.2) is 23.1 Å².